The number of anilines is 1. The first kappa shape index (κ1) is 11.9. The van der Waals surface area contributed by atoms with Crippen LogP contribution < -0.4 is 4.90 Å². The van der Waals surface area contributed by atoms with Gasteiger partial charge in [-0.1, -0.05) is 0 Å². The van der Waals surface area contributed by atoms with Gasteiger partial charge >= 0.3 is 0 Å². The number of nitrogens with zero attached hydrogens (tertiary/aromatic N) is 1. The number of hydrogen-bond acceptors (Lipinski definition) is 3. The van der Waals surface area contributed by atoms with Gasteiger partial charge in [0.1, 0.15) is 5.75 Å². The Morgan fingerprint density at radius 1 is 1.53 bits per heavy atom. The minimum atomic E-state index is 0.0141. The summed E-state index contributed by atoms with van der Waals surface area (Å²) < 4.78 is 0. The first-order valence-electron chi connectivity index (χ1n) is 4.74. The predicted octanol–water partition coefficient (Wildman–Crippen LogP) is 2.27. The van der Waals surface area contributed by atoms with Gasteiger partial charge in [-0.2, -0.15) is 0 Å². The molecule has 0 unspecified atom stereocenters. The van der Waals surface area contributed by atoms with Crippen molar-refractivity contribution in [3.05, 3.63) is 23.8 Å². The Hall–Kier alpha value is -1.22. The van der Waals surface area contributed by atoms with Crippen LogP contribution in [0.5, 0.6) is 5.75 Å². The minimum Gasteiger partial charge on any atom is -0.507 e. The predicted molar refractivity (Wildman–Crippen MR) is 62.1 cm³/mol. The van der Waals surface area contributed by atoms with E-state index in [1.54, 1.807) is 18.2 Å². The van der Waals surface area contributed by atoms with Crippen LogP contribution in [0.2, 0.25) is 0 Å². The maximum absolute atomic E-state index is 10.5. The molecule has 0 bridgehead atoms. The number of aromatic hydroxyl groups is 1. The van der Waals surface area contributed by atoms with Gasteiger partial charge in [-0.25, -0.2) is 0 Å². The smallest absolute Gasteiger partial charge is 0.153 e. The van der Waals surface area contributed by atoms with E-state index >= 15 is 0 Å². The highest BCUT2D eigenvalue weighted by molar-refractivity contribution is 6.17. The van der Waals surface area contributed by atoms with Gasteiger partial charge in [0.2, 0.25) is 0 Å². The zero-order valence-corrected chi connectivity index (χ0v) is 9.37. The third-order valence-corrected chi connectivity index (χ3v) is 2.48. The molecule has 0 aliphatic heterocycles. The van der Waals surface area contributed by atoms with Crippen LogP contribution in [0.15, 0.2) is 18.2 Å². The summed E-state index contributed by atoms with van der Waals surface area (Å²) in [5, 5.41) is 9.48. The molecule has 0 aliphatic rings. The molecule has 0 fully saturated rings. The lowest BCUT2D eigenvalue weighted by Gasteiger charge is -2.19. The van der Waals surface area contributed by atoms with Crippen molar-refractivity contribution >= 4 is 23.6 Å². The summed E-state index contributed by atoms with van der Waals surface area (Å²) in [7, 11) is 1.92. The number of hydrogen-bond donors (Lipinski definition) is 1. The van der Waals surface area contributed by atoms with Crippen LogP contribution in [-0.2, 0) is 0 Å². The van der Waals surface area contributed by atoms with Crippen molar-refractivity contribution in [1.82, 2.24) is 0 Å². The molecule has 82 valence electrons. The Bertz CT molecular complexity index is 341. The van der Waals surface area contributed by atoms with Crippen molar-refractivity contribution in [3.8, 4) is 5.75 Å². The molecule has 0 heterocycles. The maximum atomic E-state index is 10.5. The largest absolute Gasteiger partial charge is 0.507 e. The van der Waals surface area contributed by atoms with E-state index in [-0.39, 0.29) is 5.75 Å². The van der Waals surface area contributed by atoms with Crippen molar-refractivity contribution < 1.29 is 9.90 Å². The van der Waals surface area contributed by atoms with E-state index in [0.29, 0.717) is 17.7 Å². The third kappa shape index (κ3) is 3.13. The fourth-order valence-corrected chi connectivity index (χ4v) is 1.41. The summed E-state index contributed by atoms with van der Waals surface area (Å²) >= 11 is 5.59. The molecule has 0 amide bonds. The van der Waals surface area contributed by atoms with Crippen molar-refractivity contribution in [3.63, 3.8) is 0 Å². The second-order valence-electron chi connectivity index (χ2n) is 3.33. The summed E-state index contributed by atoms with van der Waals surface area (Å²) in [4.78, 5) is 12.5. The second-order valence-corrected chi connectivity index (χ2v) is 3.70. The van der Waals surface area contributed by atoms with E-state index < -0.39 is 0 Å². The number of aldehydes is 1. The highest BCUT2D eigenvalue weighted by atomic mass is 35.5. The van der Waals surface area contributed by atoms with Crippen LogP contribution in [-0.4, -0.2) is 30.9 Å². The first-order valence-corrected chi connectivity index (χ1v) is 5.27. The van der Waals surface area contributed by atoms with E-state index in [2.05, 4.69) is 0 Å². The minimum absolute atomic E-state index is 0.0141. The van der Waals surface area contributed by atoms with Gasteiger partial charge < -0.3 is 10.0 Å². The topological polar surface area (TPSA) is 40.5 Å². The normalized spacial score (nSPS) is 10.0. The molecule has 0 spiro atoms. The maximum Gasteiger partial charge on any atom is 0.153 e. The fraction of sp³-hybridized carbons (Fsp3) is 0.364. The Morgan fingerprint density at radius 2 is 2.27 bits per heavy atom. The van der Waals surface area contributed by atoms with Gasteiger partial charge in [0.25, 0.3) is 0 Å². The molecule has 0 saturated carbocycles. The zero-order chi connectivity index (χ0) is 11.3. The molecular formula is C11H14ClNO2. The zero-order valence-electron chi connectivity index (χ0n) is 8.61. The molecule has 0 atom stereocenters. The number of benzene rings is 1. The van der Waals surface area contributed by atoms with Crippen molar-refractivity contribution in [2.45, 2.75) is 6.42 Å². The summed E-state index contributed by atoms with van der Waals surface area (Å²) in [6.45, 7) is 0.823. The number of phenols is 1. The van der Waals surface area contributed by atoms with Gasteiger partial charge in [-0.05, 0) is 18.6 Å². The van der Waals surface area contributed by atoms with Gasteiger partial charge in [-0.3, -0.25) is 4.79 Å². The van der Waals surface area contributed by atoms with E-state index in [9.17, 15) is 9.90 Å². The number of halogens is 1. The Morgan fingerprint density at radius 3 is 2.80 bits per heavy atom. The fourth-order valence-electron chi connectivity index (χ4n) is 1.30. The molecule has 0 aliphatic carbocycles. The van der Waals surface area contributed by atoms with Crippen LogP contribution in [0.25, 0.3) is 0 Å². The van der Waals surface area contributed by atoms with Crippen molar-refractivity contribution in [2.24, 2.45) is 0 Å². The molecule has 0 aromatic heterocycles. The van der Waals surface area contributed by atoms with E-state index in [0.717, 1.165) is 18.7 Å². The van der Waals surface area contributed by atoms with Gasteiger partial charge in [0.15, 0.2) is 6.29 Å². The summed E-state index contributed by atoms with van der Waals surface area (Å²) in [6, 6.07) is 4.99. The lowest BCUT2D eigenvalue weighted by Crippen LogP contribution is -2.18. The van der Waals surface area contributed by atoms with Crippen LogP contribution in [0.3, 0.4) is 0 Å². The van der Waals surface area contributed by atoms with Crippen LogP contribution in [0.4, 0.5) is 5.69 Å². The van der Waals surface area contributed by atoms with E-state index in [1.807, 2.05) is 11.9 Å². The van der Waals surface area contributed by atoms with Crippen LogP contribution in [0, 0.1) is 0 Å². The second kappa shape index (κ2) is 5.61. The molecule has 1 N–H and O–H groups in total. The number of carbonyl (C=O) groups excluding carboxylic acids is 1. The van der Waals surface area contributed by atoms with Gasteiger partial charge in [-0.15, -0.1) is 11.6 Å². The molecule has 0 radical (unpaired) electrons. The first-order chi connectivity index (χ1) is 7.19. The SMILES string of the molecule is CN(CCCCl)c1ccc(C=O)c(O)c1. The molecule has 3 nitrogen and oxygen atoms in total. The third-order valence-electron chi connectivity index (χ3n) is 2.21. The average Bonchev–Trinajstić information content (AvgIpc) is 2.25. The number of carbonyl (C=O) groups is 1. The Kier molecular flexibility index (Phi) is 4.43. The quantitative estimate of drug-likeness (QED) is 0.620. The lowest BCUT2D eigenvalue weighted by molar-refractivity contribution is 0.112. The average molecular weight is 228 g/mol. The van der Waals surface area contributed by atoms with Crippen molar-refractivity contribution in [1.29, 1.82) is 0 Å². The Balaban J connectivity index is 2.77. The van der Waals surface area contributed by atoms with E-state index in [4.69, 9.17) is 11.6 Å². The molecular weight excluding hydrogens is 214 g/mol. The van der Waals surface area contributed by atoms with Crippen LogP contribution >= 0.6 is 11.6 Å². The molecule has 15 heavy (non-hydrogen) atoms. The van der Waals surface area contributed by atoms with Crippen molar-refractivity contribution in [2.75, 3.05) is 24.4 Å². The highest BCUT2D eigenvalue weighted by Gasteiger charge is 2.04. The van der Waals surface area contributed by atoms with E-state index in [1.165, 1.54) is 0 Å². The summed E-state index contributed by atoms with van der Waals surface area (Å²) in [5.74, 6) is 0.628. The number of rotatable bonds is 5. The molecule has 0 saturated heterocycles. The van der Waals surface area contributed by atoms with Gasteiger partial charge in [0, 0.05) is 31.2 Å². The molecule has 1 aromatic carbocycles. The van der Waals surface area contributed by atoms with Gasteiger partial charge in [0.05, 0.1) is 5.56 Å². The summed E-state index contributed by atoms with van der Waals surface area (Å²) in [6.07, 6.45) is 1.52. The standard InChI is InChI=1S/C11H14ClNO2/c1-13(6-2-5-12)10-4-3-9(8-14)11(15)7-10/h3-4,7-8,15H,2,5-6H2,1H3. The molecule has 4 heteroatoms. The monoisotopic (exact) mass is 227 g/mol. The highest BCUT2D eigenvalue weighted by Crippen LogP contribution is 2.22. The lowest BCUT2D eigenvalue weighted by atomic mass is 10.2. The number of alkyl halides is 1. The van der Waals surface area contributed by atoms with Crippen LogP contribution in [0.1, 0.15) is 16.8 Å². The molecule has 1 rings (SSSR count). The number of phenolic OH excluding ortho intramolecular Hbond substituents is 1. The molecule has 1 aromatic rings. The summed E-state index contributed by atoms with van der Waals surface area (Å²) in [5.41, 5.74) is 1.19. The Labute approximate surface area is 94.3 Å².